The third kappa shape index (κ3) is 3.22. The molecule has 1 aliphatic rings. The van der Waals surface area contributed by atoms with Gasteiger partial charge in [-0.2, -0.15) is 0 Å². The van der Waals surface area contributed by atoms with Crippen LogP contribution in [0.15, 0.2) is 43.0 Å². The molecule has 0 saturated carbocycles. The minimum absolute atomic E-state index is 0.147. The van der Waals surface area contributed by atoms with E-state index >= 15 is 0 Å². The molecule has 2 heterocycles. The van der Waals surface area contributed by atoms with Crippen LogP contribution in [0.5, 0.6) is 0 Å². The molecule has 0 aliphatic carbocycles. The number of likely N-dealkylation sites (tertiary alicyclic amines) is 1. The molecule has 1 aromatic heterocycles. The first-order chi connectivity index (χ1) is 11.5. The molecule has 1 saturated heterocycles. The molecule has 1 atom stereocenters. The summed E-state index contributed by atoms with van der Waals surface area (Å²) in [6, 6.07) is 8.65. The van der Waals surface area contributed by atoms with Crippen molar-refractivity contribution in [3.63, 3.8) is 0 Å². The zero-order valence-electron chi connectivity index (χ0n) is 14.8. The first kappa shape index (κ1) is 16.7. The molecule has 0 spiro atoms. The van der Waals surface area contributed by atoms with Crippen molar-refractivity contribution in [2.75, 3.05) is 27.2 Å². The Bertz CT molecular complexity index is 678. The summed E-state index contributed by atoms with van der Waals surface area (Å²) in [6.45, 7) is 4.71. The normalized spacial score (nSPS) is 21.6. The van der Waals surface area contributed by atoms with E-state index in [1.54, 1.807) is 17.4 Å². The van der Waals surface area contributed by atoms with Crippen LogP contribution in [0.4, 0.5) is 0 Å². The number of piperidine rings is 1. The van der Waals surface area contributed by atoms with Crippen molar-refractivity contribution in [2.24, 2.45) is 0 Å². The molecule has 0 N–H and O–H groups in total. The summed E-state index contributed by atoms with van der Waals surface area (Å²) in [6.07, 6.45) is 7.30. The van der Waals surface area contributed by atoms with E-state index in [1.165, 1.54) is 11.1 Å². The molecule has 2 aromatic rings. The lowest BCUT2D eigenvalue weighted by Crippen LogP contribution is -2.57. The van der Waals surface area contributed by atoms with E-state index in [1.807, 2.05) is 24.9 Å². The lowest BCUT2D eigenvalue weighted by atomic mass is 9.87. The van der Waals surface area contributed by atoms with Crippen molar-refractivity contribution >= 4 is 5.91 Å². The number of imidazole rings is 1. The van der Waals surface area contributed by atoms with Crippen molar-refractivity contribution < 1.29 is 4.79 Å². The minimum Gasteiger partial charge on any atom is -0.347 e. The molecule has 24 heavy (non-hydrogen) atoms. The predicted octanol–water partition coefficient (Wildman–Crippen LogP) is 2.27. The number of amides is 1. The number of carbonyl (C=O) groups is 1. The fraction of sp³-hybridized carbons (Fsp3) is 0.474. The number of hydrogen-bond donors (Lipinski definition) is 0. The third-order valence-electron chi connectivity index (χ3n) is 4.88. The topological polar surface area (TPSA) is 41.4 Å². The number of likely N-dealkylation sites (N-methyl/N-ethyl adjacent to an activating group) is 1. The second-order valence-electron chi connectivity index (χ2n) is 7.00. The van der Waals surface area contributed by atoms with Crippen molar-refractivity contribution in [3.8, 4) is 0 Å². The summed E-state index contributed by atoms with van der Waals surface area (Å²) in [7, 11) is 3.67. The van der Waals surface area contributed by atoms with Crippen LogP contribution in [0.25, 0.3) is 0 Å². The quantitative estimate of drug-likeness (QED) is 0.865. The van der Waals surface area contributed by atoms with Crippen LogP contribution in [0, 0.1) is 6.92 Å². The van der Waals surface area contributed by atoms with Crippen LogP contribution in [0.2, 0.25) is 0 Å². The number of rotatable bonds is 4. The summed E-state index contributed by atoms with van der Waals surface area (Å²) in [4.78, 5) is 21.3. The van der Waals surface area contributed by atoms with Crippen LogP contribution in [0.3, 0.4) is 0 Å². The Morgan fingerprint density at radius 3 is 2.67 bits per heavy atom. The van der Waals surface area contributed by atoms with Gasteiger partial charge in [0.2, 0.25) is 5.91 Å². The molecule has 5 nitrogen and oxygen atoms in total. The van der Waals surface area contributed by atoms with E-state index in [0.717, 1.165) is 25.9 Å². The molecule has 1 unspecified atom stereocenters. The summed E-state index contributed by atoms with van der Waals surface area (Å²) in [5.74, 6) is 0.147. The van der Waals surface area contributed by atoms with Crippen molar-refractivity contribution in [2.45, 2.75) is 31.8 Å². The average Bonchev–Trinajstić information content (AvgIpc) is 3.11. The van der Waals surface area contributed by atoms with E-state index in [4.69, 9.17) is 0 Å². The predicted molar refractivity (Wildman–Crippen MR) is 94.6 cm³/mol. The van der Waals surface area contributed by atoms with Gasteiger partial charge in [-0.3, -0.25) is 9.69 Å². The van der Waals surface area contributed by atoms with Gasteiger partial charge in [0.05, 0.1) is 6.33 Å². The SMILES string of the molecule is Cc1ccc(CN2CCCC(C(=O)N(C)C)(n3ccnc3)C2)cc1. The number of nitrogens with zero attached hydrogens (tertiary/aromatic N) is 4. The smallest absolute Gasteiger partial charge is 0.249 e. The van der Waals surface area contributed by atoms with E-state index in [-0.39, 0.29) is 5.91 Å². The standard InChI is InChI=1S/C19H26N4O/c1-16-5-7-17(8-6-16)13-22-11-4-9-19(14-22,18(24)21(2)3)23-12-10-20-15-23/h5-8,10,12,15H,4,9,11,13-14H2,1-3H3. The van der Waals surface area contributed by atoms with Gasteiger partial charge in [-0.05, 0) is 31.9 Å². The zero-order valence-corrected chi connectivity index (χ0v) is 14.8. The second kappa shape index (κ2) is 6.77. The van der Waals surface area contributed by atoms with Gasteiger partial charge >= 0.3 is 0 Å². The molecule has 1 aromatic carbocycles. The van der Waals surface area contributed by atoms with Gasteiger partial charge in [-0.25, -0.2) is 4.98 Å². The van der Waals surface area contributed by atoms with Gasteiger partial charge in [-0.1, -0.05) is 29.8 Å². The fourth-order valence-corrected chi connectivity index (χ4v) is 3.63. The Balaban J connectivity index is 1.85. The first-order valence-electron chi connectivity index (χ1n) is 8.49. The molecular formula is C19H26N4O. The number of carbonyl (C=O) groups excluding carboxylic acids is 1. The summed E-state index contributed by atoms with van der Waals surface area (Å²) in [5.41, 5.74) is 2.01. The zero-order chi connectivity index (χ0) is 17.2. The van der Waals surface area contributed by atoms with Gasteiger partial charge in [0.15, 0.2) is 0 Å². The Morgan fingerprint density at radius 1 is 1.29 bits per heavy atom. The van der Waals surface area contributed by atoms with Crippen molar-refractivity contribution in [3.05, 3.63) is 54.1 Å². The van der Waals surface area contributed by atoms with E-state index in [2.05, 4.69) is 41.1 Å². The van der Waals surface area contributed by atoms with Gasteiger partial charge in [0.1, 0.15) is 5.54 Å². The fourth-order valence-electron chi connectivity index (χ4n) is 3.63. The van der Waals surface area contributed by atoms with Crippen molar-refractivity contribution in [1.82, 2.24) is 19.4 Å². The highest BCUT2D eigenvalue weighted by atomic mass is 16.2. The molecule has 1 amide bonds. The third-order valence-corrected chi connectivity index (χ3v) is 4.88. The Labute approximate surface area is 143 Å². The number of aromatic nitrogens is 2. The molecule has 3 rings (SSSR count). The van der Waals surface area contributed by atoms with E-state index < -0.39 is 5.54 Å². The van der Waals surface area contributed by atoms with Crippen LogP contribution in [0.1, 0.15) is 24.0 Å². The maximum atomic E-state index is 13.0. The second-order valence-corrected chi connectivity index (χ2v) is 7.00. The number of aryl methyl sites for hydroxylation is 1. The lowest BCUT2D eigenvalue weighted by Gasteiger charge is -2.43. The first-order valence-corrected chi connectivity index (χ1v) is 8.49. The summed E-state index contributed by atoms with van der Waals surface area (Å²) in [5, 5.41) is 0. The Hall–Kier alpha value is -2.14. The van der Waals surface area contributed by atoms with E-state index in [9.17, 15) is 4.79 Å². The molecular weight excluding hydrogens is 300 g/mol. The monoisotopic (exact) mass is 326 g/mol. The number of hydrogen-bond acceptors (Lipinski definition) is 3. The Kier molecular flexibility index (Phi) is 4.71. The largest absolute Gasteiger partial charge is 0.347 e. The van der Waals surface area contributed by atoms with Crippen LogP contribution in [-0.2, 0) is 16.9 Å². The van der Waals surface area contributed by atoms with Crippen LogP contribution < -0.4 is 0 Å². The molecule has 0 bridgehead atoms. The summed E-state index contributed by atoms with van der Waals surface area (Å²) < 4.78 is 2.00. The highest BCUT2D eigenvalue weighted by molar-refractivity contribution is 5.84. The minimum atomic E-state index is -0.553. The average molecular weight is 326 g/mol. The molecule has 5 heteroatoms. The maximum absolute atomic E-state index is 13.0. The maximum Gasteiger partial charge on any atom is 0.249 e. The van der Waals surface area contributed by atoms with Crippen LogP contribution in [-0.4, -0.2) is 52.4 Å². The van der Waals surface area contributed by atoms with Gasteiger partial charge < -0.3 is 9.47 Å². The van der Waals surface area contributed by atoms with Gasteiger partial charge in [0.25, 0.3) is 0 Å². The highest BCUT2D eigenvalue weighted by Gasteiger charge is 2.44. The molecule has 1 aliphatic heterocycles. The highest BCUT2D eigenvalue weighted by Crippen LogP contribution is 2.31. The van der Waals surface area contributed by atoms with Gasteiger partial charge in [0, 0.05) is 39.6 Å². The molecule has 128 valence electrons. The molecule has 0 radical (unpaired) electrons. The van der Waals surface area contributed by atoms with Gasteiger partial charge in [-0.15, -0.1) is 0 Å². The molecule has 1 fully saturated rings. The lowest BCUT2D eigenvalue weighted by molar-refractivity contribution is -0.141. The van der Waals surface area contributed by atoms with Crippen molar-refractivity contribution in [1.29, 1.82) is 0 Å². The summed E-state index contributed by atoms with van der Waals surface area (Å²) >= 11 is 0. The number of benzene rings is 1. The van der Waals surface area contributed by atoms with E-state index in [0.29, 0.717) is 6.54 Å². The Morgan fingerprint density at radius 2 is 2.04 bits per heavy atom. The van der Waals surface area contributed by atoms with Crippen LogP contribution >= 0.6 is 0 Å².